The summed E-state index contributed by atoms with van der Waals surface area (Å²) in [5.74, 6) is 0.901. The summed E-state index contributed by atoms with van der Waals surface area (Å²) < 4.78 is 0. The first-order valence-electron chi connectivity index (χ1n) is 7.57. The van der Waals surface area contributed by atoms with Crippen LogP contribution < -0.4 is 5.32 Å². The third-order valence-electron chi connectivity index (χ3n) is 4.28. The summed E-state index contributed by atoms with van der Waals surface area (Å²) in [5.41, 5.74) is 3.49. The monoisotopic (exact) mass is 279 g/mol. The van der Waals surface area contributed by atoms with Crippen molar-refractivity contribution in [2.24, 2.45) is 11.8 Å². The summed E-state index contributed by atoms with van der Waals surface area (Å²) in [6.45, 7) is 4.21. The van der Waals surface area contributed by atoms with Gasteiger partial charge in [-0.2, -0.15) is 0 Å². The lowest BCUT2D eigenvalue weighted by atomic mass is 9.97. The fourth-order valence-corrected chi connectivity index (χ4v) is 2.70. The molecule has 2 aromatic rings. The first kappa shape index (κ1) is 13.9. The molecule has 0 aliphatic heterocycles. The highest BCUT2D eigenvalue weighted by atomic mass is 16.2. The van der Waals surface area contributed by atoms with Crippen LogP contribution in [0.3, 0.4) is 0 Å². The number of hydrogen-bond acceptors (Lipinski definition) is 1. The number of carbonyl (C=O) groups excluding carboxylic acids is 1. The molecule has 0 spiro atoms. The van der Waals surface area contributed by atoms with Crippen LogP contribution in [-0.4, -0.2) is 5.91 Å². The third-order valence-corrected chi connectivity index (χ3v) is 4.28. The summed E-state index contributed by atoms with van der Waals surface area (Å²) in [7, 11) is 0. The molecule has 3 atom stereocenters. The van der Waals surface area contributed by atoms with E-state index in [0.717, 1.165) is 17.5 Å². The van der Waals surface area contributed by atoms with Crippen molar-refractivity contribution < 1.29 is 4.79 Å². The van der Waals surface area contributed by atoms with Crippen LogP contribution in [0.25, 0.3) is 0 Å². The van der Waals surface area contributed by atoms with E-state index in [9.17, 15) is 4.79 Å². The number of aryl methyl sites for hydroxylation is 1. The van der Waals surface area contributed by atoms with Gasteiger partial charge in [0.1, 0.15) is 0 Å². The zero-order valence-electron chi connectivity index (χ0n) is 12.5. The van der Waals surface area contributed by atoms with Crippen LogP contribution in [0.4, 0.5) is 0 Å². The molecule has 1 fully saturated rings. The van der Waals surface area contributed by atoms with Crippen molar-refractivity contribution >= 4 is 5.91 Å². The van der Waals surface area contributed by atoms with E-state index in [1.165, 1.54) is 5.56 Å². The van der Waals surface area contributed by atoms with Gasteiger partial charge < -0.3 is 5.32 Å². The number of amides is 1. The van der Waals surface area contributed by atoms with Crippen LogP contribution in [0.15, 0.2) is 54.6 Å². The minimum Gasteiger partial charge on any atom is -0.345 e. The van der Waals surface area contributed by atoms with E-state index in [1.54, 1.807) is 0 Å². The fraction of sp³-hybridized carbons (Fsp3) is 0.316. The average Bonchev–Trinajstić information content (AvgIpc) is 3.24. The predicted octanol–water partition coefficient (Wildman–Crippen LogP) is 3.86. The van der Waals surface area contributed by atoms with Crippen molar-refractivity contribution in [1.82, 2.24) is 5.32 Å². The summed E-state index contributed by atoms with van der Waals surface area (Å²) in [5, 5.41) is 3.22. The molecule has 0 radical (unpaired) electrons. The molecule has 2 nitrogen and oxygen atoms in total. The summed E-state index contributed by atoms with van der Waals surface area (Å²) >= 11 is 0. The molecule has 3 rings (SSSR count). The van der Waals surface area contributed by atoms with Gasteiger partial charge in [-0.25, -0.2) is 0 Å². The molecule has 0 heterocycles. The molecule has 1 aliphatic carbocycles. The van der Waals surface area contributed by atoms with Crippen LogP contribution in [0, 0.1) is 18.8 Å². The van der Waals surface area contributed by atoms with Gasteiger partial charge in [0.2, 0.25) is 5.91 Å². The number of rotatable bonds is 4. The lowest BCUT2D eigenvalue weighted by Crippen LogP contribution is -2.30. The number of nitrogens with one attached hydrogen (secondary N) is 1. The van der Waals surface area contributed by atoms with Crippen molar-refractivity contribution in [3.05, 3.63) is 71.3 Å². The van der Waals surface area contributed by atoms with Crippen molar-refractivity contribution in [2.75, 3.05) is 0 Å². The van der Waals surface area contributed by atoms with Crippen molar-refractivity contribution in [3.8, 4) is 0 Å². The van der Waals surface area contributed by atoms with Gasteiger partial charge in [-0.3, -0.25) is 4.79 Å². The Morgan fingerprint density at radius 2 is 1.62 bits per heavy atom. The normalized spacial score (nSPS) is 21.6. The molecular formula is C19H21NO. The van der Waals surface area contributed by atoms with Gasteiger partial charge in [0.05, 0.1) is 6.04 Å². The van der Waals surface area contributed by atoms with E-state index in [1.807, 2.05) is 18.2 Å². The molecular weight excluding hydrogens is 258 g/mol. The highest BCUT2D eigenvalue weighted by Gasteiger charge is 2.39. The van der Waals surface area contributed by atoms with E-state index in [4.69, 9.17) is 0 Å². The SMILES string of the molecule is Cc1ccc([C@H](NC(=O)[C@H]2C[C@H]2C)c2ccccc2)cc1. The Bertz CT molecular complexity index is 618. The zero-order chi connectivity index (χ0) is 14.8. The minimum absolute atomic E-state index is 0.0629. The minimum atomic E-state index is -0.0629. The summed E-state index contributed by atoms with van der Waals surface area (Å²) in [4.78, 5) is 12.3. The summed E-state index contributed by atoms with van der Waals surface area (Å²) in [6, 6.07) is 18.5. The quantitative estimate of drug-likeness (QED) is 0.904. The zero-order valence-corrected chi connectivity index (χ0v) is 12.5. The van der Waals surface area contributed by atoms with Gasteiger partial charge in [0.25, 0.3) is 0 Å². The second kappa shape index (κ2) is 5.72. The van der Waals surface area contributed by atoms with E-state index < -0.39 is 0 Å². The first-order chi connectivity index (χ1) is 10.1. The Morgan fingerprint density at radius 1 is 1.05 bits per heavy atom. The molecule has 2 heteroatoms. The standard InChI is InChI=1S/C19H21NO/c1-13-8-10-16(11-9-13)18(15-6-4-3-5-7-15)20-19(21)17-12-14(17)2/h3-11,14,17-18H,12H2,1-2H3,(H,20,21)/t14-,17+,18-/m1/s1. The maximum atomic E-state index is 12.3. The Labute approximate surface area is 126 Å². The number of hydrogen-bond donors (Lipinski definition) is 1. The lowest BCUT2D eigenvalue weighted by molar-refractivity contribution is -0.123. The van der Waals surface area contributed by atoms with E-state index in [-0.39, 0.29) is 17.9 Å². The molecule has 21 heavy (non-hydrogen) atoms. The smallest absolute Gasteiger partial charge is 0.224 e. The Morgan fingerprint density at radius 3 is 2.19 bits per heavy atom. The molecule has 1 N–H and O–H groups in total. The molecule has 0 aromatic heterocycles. The molecule has 2 aromatic carbocycles. The van der Waals surface area contributed by atoms with Gasteiger partial charge in [0.15, 0.2) is 0 Å². The van der Waals surface area contributed by atoms with Gasteiger partial charge >= 0.3 is 0 Å². The Hall–Kier alpha value is -2.09. The van der Waals surface area contributed by atoms with Gasteiger partial charge in [-0.15, -0.1) is 0 Å². The van der Waals surface area contributed by atoms with Crippen LogP contribution in [0.1, 0.15) is 36.1 Å². The molecule has 1 aliphatic rings. The number of carbonyl (C=O) groups is 1. The van der Waals surface area contributed by atoms with Crippen LogP contribution in [0.2, 0.25) is 0 Å². The van der Waals surface area contributed by atoms with Crippen molar-refractivity contribution in [1.29, 1.82) is 0 Å². The second-order valence-corrected chi connectivity index (χ2v) is 6.08. The van der Waals surface area contributed by atoms with Gasteiger partial charge in [0, 0.05) is 5.92 Å². The predicted molar refractivity (Wildman–Crippen MR) is 84.9 cm³/mol. The molecule has 0 bridgehead atoms. The largest absolute Gasteiger partial charge is 0.345 e. The maximum Gasteiger partial charge on any atom is 0.224 e. The number of benzene rings is 2. The molecule has 0 unspecified atom stereocenters. The highest BCUT2D eigenvalue weighted by molar-refractivity contribution is 5.82. The van der Waals surface area contributed by atoms with Crippen LogP contribution in [-0.2, 0) is 4.79 Å². The highest BCUT2D eigenvalue weighted by Crippen LogP contribution is 2.38. The van der Waals surface area contributed by atoms with Crippen molar-refractivity contribution in [2.45, 2.75) is 26.3 Å². The third kappa shape index (κ3) is 3.15. The van der Waals surface area contributed by atoms with Crippen molar-refractivity contribution in [3.63, 3.8) is 0 Å². The average molecular weight is 279 g/mol. The van der Waals surface area contributed by atoms with Crippen LogP contribution >= 0.6 is 0 Å². The Kier molecular flexibility index (Phi) is 3.78. The second-order valence-electron chi connectivity index (χ2n) is 6.08. The van der Waals surface area contributed by atoms with E-state index >= 15 is 0 Å². The molecule has 108 valence electrons. The van der Waals surface area contributed by atoms with E-state index in [0.29, 0.717) is 5.92 Å². The van der Waals surface area contributed by atoms with Gasteiger partial charge in [-0.05, 0) is 30.4 Å². The first-order valence-corrected chi connectivity index (χ1v) is 7.57. The maximum absolute atomic E-state index is 12.3. The fourth-order valence-electron chi connectivity index (χ4n) is 2.70. The van der Waals surface area contributed by atoms with E-state index in [2.05, 4.69) is 55.6 Å². The van der Waals surface area contributed by atoms with Crippen LogP contribution in [0.5, 0.6) is 0 Å². The summed E-state index contributed by atoms with van der Waals surface area (Å²) in [6.07, 6.45) is 1.02. The molecule has 1 amide bonds. The molecule has 0 saturated heterocycles. The molecule has 1 saturated carbocycles. The topological polar surface area (TPSA) is 29.1 Å². The Balaban J connectivity index is 1.87. The lowest BCUT2D eigenvalue weighted by Gasteiger charge is -2.20. The van der Waals surface area contributed by atoms with Gasteiger partial charge in [-0.1, -0.05) is 67.1 Å².